The molecule has 0 radical (unpaired) electrons. The molecule has 1 N–H and O–H groups in total. The number of benzene rings is 1. The molecule has 0 fully saturated rings. The van der Waals surface area contributed by atoms with Crippen LogP contribution in [-0.2, 0) is 4.79 Å². The van der Waals surface area contributed by atoms with Gasteiger partial charge in [-0.2, -0.15) is 13.2 Å². The average Bonchev–Trinajstić information content (AvgIpc) is 2.48. The molecule has 0 unspecified atom stereocenters. The van der Waals surface area contributed by atoms with E-state index in [4.69, 9.17) is 9.47 Å². The molecule has 0 aliphatic heterocycles. The lowest BCUT2D eigenvalue weighted by Crippen LogP contribution is -2.32. The number of amides is 1. The number of halogens is 3. The smallest absolute Gasteiger partial charge is 0.405 e. The third-order valence-electron chi connectivity index (χ3n) is 2.54. The lowest BCUT2D eigenvalue weighted by molar-refractivity contribution is -0.135. The normalized spacial score (nSPS) is 11.5. The largest absolute Gasteiger partial charge is 0.493 e. The molecule has 0 saturated heterocycles. The lowest BCUT2D eigenvalue weighted by Gasteiger charge is -2.10. The molecule has 0 aliphatic carbocycles. The number of rotatable bonds is 7. The third kappa shape index (κ3) is 6.51. The first-order valence-corrected chi connectivity index (χ1v) is 6.69. The molecule has 0 atom stereocenters. The number of hydrogen-bond donors (Lipinski definition) is 1. The van der Waals surface area contributed by atoms with Crippen molar-refractivity contribution in [3.05, 3.63) is 29.8 Å². The molecule has 4 nitrogen and oxygen atoms in total. The number of nitrogens with one attached hydrogen (secondary N) is 1. The first-order chi connectivity index (χ1) is 10.4. The number of carbonyl (C=O) groups is 1. The van der Waals surface area contributed by atoms with Crippen molar-refractivity contribution in [3.63, 3.8) is 0 Å². The Balaban J connectivity index is 2.69. The monoisotopic (exact) mass is 317 g/mol. The number of methoxy groups -OCH3 is 1. The highest BCUT2D eigenvalue weighted by Crippen LogP contribution is 2.28. The van der Waals surface area contributed by atoms with E-state index in [-0.39, 0.29) is 0 Å². The van der Waals surface area contributed by atoms with Crippen molar-refractivity contribution in [2.75, 3.05) is 20.3 Å². The second-order valence-electron chi connectivity index (χ2n) is 4.43. The van der Waals surface area contributed by atoms with Gasteiger partial charge in [0.2, 0.25) is 5.91 Å². The van der Waals surface area contributed by atoms with Crippen molar-refractivity contribution < 1.29 is 27.4 Å². The van der Waals surface area contributed by atoms with Gasteiger partial charge in [-0.3, -0.25) is 4.79 Å². The van der Waals surface area contributed by atoms with Gasteiger partial charge in [-0.25, -0.2) is 0 Å². The van der Waals surface area contributed by atoms with E-state index in [9.17, 15) is 18.0 Å². The zero-order valence-corrected chi connectivity index (χ0v) is 12.4. The van der Waals surface area contributed by atoms with Crippen LogP contribution in [0.2, 0.25) is 0 Å². The Bertz CT molecular complexity index is 527. The van der Waals surface area contributed by atoms with Crippen LogP contribution in [0.1, 0.15) is 18.9 Å². The summed E-state index contributed by atoms with van der Waals surface area (Å²) in [5.74, 6) is 0.247. The highest BCUT2D eigenvalue weighted by molar-refractivity contribution is 5.91. The summed E-state index contributed by atoms with van der Waals surface area (Å²) in [5, 5.41) is 1.75. The van der Waals surface area contributed by atoms with Crippen molar-refractivity contribution in [3.8, 4) is 11.5 Å². The molecule has 22 heavy (non-hydrogen) atoms. The van der Waals surface area contributed by atoms with Crippen LogP contribution >= 0.6 is 0 Å². The maximum Gasteiger partial charge on any atom is 0.405 e. The number of carbonyl (C=O) groups excluding carboxylic acids is 1. The maximum atomic E-state index is 12.0. The molecule has 1 rings (SSSR count). The van der Waals surface area contributed by atoms with Crippen LogP contribution in [0.15, 0.2) is 24.3 Å². The van der Waals surface area contributed by atoms with Crippen molar-refractivity contribution in [1.29, 1.82) is 0 Å². The minimum atomic E-state index is -4.43. The van der Waals surface area contributed by atoms with Crippen molar-refractivity contribution in [1.82, 2.24) is 5.32 Å². The topological polar surface area (TPSA) is 47.6 Å². The third-order valence-corrected chi connectivity index (χ3v) is 2.54. The summed E-state index contributed by atoms with van der Waals surface area (Å²) < 4.78 is 46.5. The number of alkyl halides is 3. The Labute approximate surface area is 126 Å². The van der Waals surface area contributed by atoms with Gasteiger partial charge in [0, 0.05) is 6.08 Å². The molecular weight excluding hydrogens is 299 g/mol. The Morgan fingerprint density at radius 3 is 2.64 bits per heavy atom. The highest BCUT2D eigenvalue weighted by Gasteiger charge is 2.27. The van der Waals surface area contributed by atoms with Crippen LogP contribution in [-0.4, -0.2) is 32.3 Å². The summed E-state index contributed by atoms with van der Waals surface area (Å²) in [6, 6.07) is 5.00. The second kappa shape index (κ2) is 8.31. The summed E-state index contributed by atoms with van der Waals surface area (Å²) >= 11 is 0. The number of ether oxygens (including phenoxy) is 2. The van der Waals surface area contributed by atoms with Gasteiger partial charge in [-0.05, 0) is 30.2 Å². The van der Waals surface area contributed by atoms with Crippen molar-refractivity contribution >= 4 is 12.0 Å². The minimum absolute atomic E-state index is 0.492. The van der Waals surface area contributed by atoms with Gasteiger partial charge in [-0.15, -0.1) is 0 Å². The molecule has 1 aromatic rings. The van der Waals surface area contributed by atoms with Crippen LogP contribution in [0.25, 0.3) is 6.08 Å². The standard InChI is InChI=1S/C15H18F3NO3/c1-3-8-22-12-6-4-11(9-13(12)21-2)5-7-14(20)19-10-15(16,17)18/h4-7,9H,3,8,10H2,1-2H3,(H,19,20). The molecule has 1 aromatic carbocycles. The van der Waals surface area contributed by atoms with Gasteiger partial charge < -0.3 is 14.8 Å². The summed E-state index contributed by atoms with van der Waals surface area (Å²) in [7, 11) is 1.48. The predicted molar refractivity (Wildman–Crippen MR) is 76.9 cm³/mol. The average molecular weight is 317 g/mol. The van der Waals surface area contributed by atoms with E-state index >= 15 is 0 Å². The zero-order chi connectivity index (χ0) is 16.6. The van der Waals surface area contributed by atoms with E-state index < -0.39 is 18.6 Å². The Morgan fingerprint density at radius 2 is 2.05 bits per heavy atom. The predicted octanol–water partition coefficient (Wildman–Crippen LogP) is 3.18. The molecule has 0 bridgehead atoms. The molecule has 0 saturated carbocycles. The summed E-state index contributed by atoms with van der Waals surface area (Å²) in [5.41, 5.74) is 0.614. The second-order valence-corrected chi connectivity index (χ2v) is 4.43. The van der Waals surface area contributed by atoms with E-state index in [1.54, 1.807) is 23.5 Å². The molecule has 0 aliphatic rings. The van der Waals surface area contributed by atoms with E-state index in [1.807, 2.05) is 6.92 Å². The van der Waals surface area contributed by atoms with Crippen LogP contribution in [0, 0.1) is 0 Å². The fourth-order valence-corrected chi connectivity index (χ4v) is 1.54. The van der Waals surface area contributed by atoms with Crippen LogP contribution < -0.4 is 14.8 Å². The Kier molecular flexibility index (Phi) is 6.75. The fraction of sp³-hybridized carbons (Fsp3) is 0.400. The number of hydrogen-bond acceptors (Lipinski definition) is 3. The van der Waals surface area contributed by atoms with Gasteiger partial charge in [0.25, 0.3) is 0 Å². The summed E-state index contributed by atoms with van der Waals surface area (Å²) in [4.78, 5) is 11.3. The van der Waals surface area contributed by atoms with Gasteiger partial charge in [0.05, 0.1) is 13.7 Å². The Hall–Kier alpha value is -2.18. The van der Waals surface area contributed by atoms with Gasteiger partial charge in [-0.1, -0.05) is 13.0 Å². The van der Waals surface area contributed by atoms with Crippen LogP contribution in [0.5, 0.6) is 11.5 Å². The first-order valence-electron chi connectivity index (χ1n) is 6.69. The minimum Gasteiger partial charge on any atom is -0.493 e. The quantitative estimate of drug-likeness (QED) is 0.786. The molecule has 0 spiro atoms. The van der Waals surface area contributed by atoms with Crippen LogP contribution in [0.4, 0.5) is 13.2 Å². The first kappa shape index (κ1) is 17.9. The lowest BCUT2D eigenvalue weighted by atomic mass is 10.2. The molecule has 1 amide bonds. The maximum absolute atomic E-state index is 12.0. The summed E-state index contributed by atoms with van der Waals surface area (Å²) in [6.45, 7) is 1.16. The molecule has 122 valence electrons. The van der Waals surface area contributed by atoms with E-state index in [0.29, 0.717) is 23.7 Å². The zero-order valence-electron chi connectivity index (χ0n) is 12.4. The van der Waals surface area contributed by atoms with Crippen LogP contribution in [0.3, 0.4) is 0 Å². The fourth-order valence-electron chi connectivity index (χ4n) is 1.54. The van der Waals surface area contributed by atoms with Gasteiger partial charge >= 0.3 is 6.18 Å². The van der Waals surface area contributed by atoms with Gasteiger partial charge in [0.15, 0.2) is 11.5 Å². The highest BCUT2D eigenvalue weighted by atomic mass is 19.4. The van der Waals surface area contributed by atoms with Crippen molar-refractivity contribution in [2.45, 2.75) is 19.5 Å². The van der Waals surface area contributed by atoms with E-state index in [0.717, 1.165) is 12.5 Å². The molecule has 0 heterocycles. The van der Waals surface area contributed by atoms with Gasteiger partial charge in [0.1, 0.15) is 6.54 Å². The van der Waals surface area contributed by atoms with Crippen molar-refractivity contribution in [2.24, 2.45) is 0 Å². The van der Waals surface area contributed by atoms with E-state index in [1.165, 1.54) is 13.2 Å². The SMILES string of the molecule is CCCOc1ccc(C=CC(=O)NCC(F)(F)F)cc1OC. The molecule has 0 aromatic heterocycles. The molecular formula is C15H18F3NO3. The molecule has 7 heteroatoms. The summed E-state index contributed by atoms with van der Waals surface area (Å²) in [6.07, 6.45) is -1.14. The van der Waals surface area contributed by atoms with E-state index in [2.05, 4.69) is 0 Å². The Morgan fingerprint density at radius 1 is 1.32 bits per heavy atom.